The fourth-order valence-corrected chi connectivity index (χ4v) is 2.55. The molecule has 1 unspecified atom stereocenters. The van der Waals surface area contributed by atoms with E-state index < -0.39 is 0 Å². The smallest absolute Gasteiger partial charge is 0.271 e. The molecule has 2 heterocycles. The Labute approximate surface area is 121 Å². The standard InChI is InChI=1S/C11H16N4O2S.ClH/c1-15-5-7(2-3-10(15)16)13-11(17)8-6-18-9(4-12)14-8;/h6-7H,2-5,12H2,1H3,(H,13,17);1H. The number of nitrogens with one attached hydrogen (secondary N) is 1. The van der Waals surface area contributed by atoms with Crippen LogP contribution in [0.4, 0.5) is 0 Å². The van der Waals surface area contributed by atoms with Gasteiger partial charge in [-0.25, -0.2) is 4.98 Å². The van der Waals surface area contributed by atoms with Gasteiger partial charge in [0, 0.05) is 38.0 Å². The van der Waals surface area contributed by atoms with E-state index in [-0.39, 0.29) is 30.3 Å². The second-order valence-corrected chi connectivity index (χ2v) is 5.26. The van der Waals surface area contributed by atoms with Crippen molar-refractivity contribution in [1.29, 1.82) is 0 Å². The quantitative estimate of drug-likeness (QED) is 0.844. The minimum Gasteiger partial charge on any atom is -0.346 e. The molecule has 1 aromatic heterocycles. The molecule has 1 aliphatic rings. The molecule has 6 nitrogen and oxygen atoms in total. The van der Waals surface area contributed by atoms with Crippen LogP contribution in [0.5, 0.6) is 0 Å². The van der Waals surface area contributed by atoms with E-state index in [0.717, 1.165) is 5.01 Å². The van der Waals surface area contributed by atoms with Gasteiger partial charge >= 0.3 is 0 Å². The summed E-state index contributed by atoms with van der Waals surface area (Å²) in [5.74, 6) is -0.0710. The maximum absolute atomic E-state index is 11.9. The monoisotopic (exact) mass is 304 g/mol. The minimum absolute atomic E-state index is 0. The lowest BCUT2D eigenvalue weighted by Gasteiger charge is -2.29. The second kappa shape index (κ2) is 6.83. The molecule has 1 aliphatic heterocycles. The first-order chi connectivity index (χ1) is 8.60. The first-order valence-corrected chi connectivity index (χ1v) is 6.67. The first-order valence-electron chi connectivity index (χ1n) is 5.79. The molecule has 106 valence electrons. The molecule has 0 aromatic carbocycles. The molecule has 3 N–H and O–H groups in total. The lowest BCUT2D eigenvalue weighted by atomic mass is 10.1. The SMILES string of the molecule is CN1CC(NC(=O)c2csc(CN)n2)CCC1=O.Cl. The van der Waals surface area contributed by atoms with Crippen LogP contribution in [0.3, 0.4) is 0 Å². The van der Waals surface area contributed by atoms with E-state index in [1.54, 1.807) is 17.3 Å². The van der Waals surface area contributed by atoms with Crippen molar-refractivity contribution in [3.63, 3.8) is 0 Å². The Bertz CT molecular complexity index is 465. The van der Waals surface area contributed by atoms with Crippen molar-refractivity contribution < 1.29 is 9.59 Å². The van der Waals surface area contributed by atoms with Gasteiger partial charge in [-0.2, -0.15) is 0 Å². The van der Waals surface area contributed by atoms with Gasteiger partial charge in [-0.1, -0.05) is 0 Å². The van der Waals surface area contributed by atoms with Crippen LogP contribution in [0.25, 0.3) is 0 Å². The van der Waals surface area contributed by atoms with Gasteiger partial charge in [-0.3, -0.25) is 9.59 Å². The van der Waals surface area contributed by atoms with E-state index in [2.05, 4.69) is 10.3 Å². The van der Waals surface area contributed by atoms with Crippen molar-refractivity contribution in [2.75, 3.05) is 13.6 Å². The molecule has 2 amide bonds. The number of hydrogen-bond acceptors (Lipinski definition) is 5. The predicted molar refractivity (Wildman–Crippen MR) is 75.4 cm³/mol. The molecular formula is C11H17ClN4O2S. The number of carbonyl (C=O) groups excluding carboxylic acids is 2. The predicted octanol–water partition coefficient (Wildman–Crippen LogP) is 0.374. The Kier molecular flexibility index (Phi) is 5.71. The molecule has 19 heavy (non-hydrogen) atoms. The summed E-state index contributed by atoms with van der Waals surface area (Å²) in [6.45, 7) is 0.900. The number of likely N-dealkylation sites (tertiary alicyclic amines) is 1. The van der Waals surface area contributed by atoms with Gasteiger partial charge in [-0.15, -0.1) is 23.7 Å². The van der Waals surface area contributed by atoms with Gasteiger partial charge in [0.25, 0.3) is 5.91 Å². The Morgan fingerprint density at radius 2 is 2.42 bits per heavy atom. The Morgan fingerprint density at radius 3 is 3.00 bits per heavy atom. The molecule has 0 bridgehead atoms. The average molecular weight is 305 g/mol. The highest BCUT2D eigenvalue weighted by molar-refractivity contribution is 7.09. The molecule has 0 radical (unpaired) electrons. The topological polar surface area (TPSA) is 88.3 Å². The maximum Gasteiger partial charge on any atom is 0.271 e. The van der Waals surface area contributed by atoms with Crippen LogP contribution in [-0.2, 0) is 11.3 Å². The summed E-state index contributed by atoms with van der Waals surface area (Å²) in [6, 6.07) is 0.00299. The van der Waals surface area contributed by atoms with Crippen LogP contribution in [0.2, 0.25) is 0 Å². The number of halogens is 1. The molecule has 0 spiro atoms. The molecule has 1 saturated heterocycles. The number of rotatable bonds is 3. The number of thiazole rings is 1. The number of nitrogens with zero attached hydrogens (tertiary/aromatic N) is 2. The van der Waals surface area contributed by atoms with Crippen LogP contribution in [0.15, 0.2) is 5.38 Å². The summed E-state index contributed by atoms with van der Waals surface area (Å²) < 4.78 is 0. The highest BCUT2D eigenvalue weighted by atomic mass is 35.5. The largest absolute Gasteiger partial charge is 0.346 e. The highest BCUT2D eigenvalue weighted by Crippen LogP contribution is 2.12. The lowest BCUT2D eigenvalue weighted by molar-refractivity contribution is -0.132. The first kappa shape index (κ1) is 15.9. The summed E-state index contributed by atoms with van der Waals surface area (Å²) in [6.07, 6.45) is 1.16. The van der Waals surface area contributed by atoms with Crippen LogP contribution < -0.4 is 11.1 Å². The van der Waals surface area contributed by atoms with Gasteiger partial charge < -0.3 is 16.0 Å². The van der Waals surface area contributed by atoms with Crippen molar-refractivity contribution in [3.8, 4) is 0 Å². The number of carbonyl (C=O) groups is 2. The Hall–Kier alpha value is -1.18. The molecule has 2 rings (SSSR count). The number of amides is 2. The van der Waals surface area contributed by atoms with Gasteiger partial charge in [-0.05, 0) is 6.42 Å². The van der Waals surface area contributed by atoms with Crippen LogP contribution in [0.1, 0.15) is 28.3 Å². The zero-order valence-electron chi connectivity index (χ0n) is 10.6. The minimum atomic E-state index is -0.196. The van der Waals surface area contributed by atoms with Gasteiger partial charge in [0.1, 0.15) is 10.7 Å². The summed E-state index contributed by atoms with van der Waals surface area (Å²) in [4.78, 5) is 29.0. The third-order valence-electron chi connectivity index (χ3n) is 2.92. The third-order valence-corrected chi connectivity index (χ3v) is 3.79. The Morgan fingerprint density at radius 1 is 1.68 bits per heavy atom. The average Bonchev–Trinajstić information content (AvgIpc) is 2.82. The zero-order chi connectivity index (χ0) is 13.1. The van der Waals surface area contributed by atoms with E-state index in [9.17, 15) is 9.59 Å². The molecule has 0 aliphatic carbocycles. The fourth-order valence-electron chi connectivity index (χ4n) is 1.90. The molecule has 8 heteroatoms. The van der Waals surface area contributed by atoms with Gasteiger partial charge in [0.2, 0.25) is 5.91 Å². The van der Waals surface area contributed by atoms with E-state index >= 15 is 0 Å². The van der Waals surface area contributed by atoms with Gasteiger partial charge in [0.05, 0.1) is 0 Å². The van der Waals surface area contributed by atoms with Crippen molar-refractivity contribution in [1.82, 2.24) is 15.2 Å². The number of aromatic nitrogens is 1. The van der Waals surface area contributed by atoms with E-state index in [1.807, 2.05) is 0 Å². The van der Waals surface area contributed by atoms with Crippen molar-refractivity contribution in [2.45, 2.75) is 25.4 Å². The van der Waals surface area contributed by atoms with Crippen molar-refractivity contribution in [3.05, 3.63) is 16.1 Å². The molecule has 1 fully saturated rings. The summed E-state index contributed by atoms with van der Waals surface area (Å²) in [7, 11) is 1.75. The van der Waals surface area contributed by atoms with E-state index in [1.165, 1.54) is 11.3 Å². The molecule has 0 saturated carbocycles. The van der Waals surface area contributed by atoms with Crippen molar-refractivity contribution >= 4 is 35.6 Å². The van der Waals surface area contributed by atoms with E-state index in [0.29, 0.717) is 31.6 Å². The number of nitrogens with two attached hydrogens (primary N) is 1. The second-order valence-electron chi connectivity index (χ2n) is 4.31. The van der Waals surface area contributed by atoms with Gasteiger partial charge in [0.15, 0.2) is 0 Å². The number of hydrogen-bond donors (Lipinski definition) is 2. The third kappa shape index (κ3) is 3.89. The number of piperidine rings is 1. The Balaban J connectivity index is 0.00000180. The van der Waals surface area contributed by atoms with Crippen LogP contribution in [-0.4, -0.2) is 41.3 Å². The fraction of sp³-hybridized carbons (Fsp3) is 0.545. The lowest BCUT2D eigenvalue weighted by Crippen LogP contribution is -2.48. The van der Waals surface area contributed by atoms with E-state index in [4.69, 9.17) is 5.73 Å². The highest BCUT2D eigenvalue weighted by Gasteiger charge is 2.24. The zero-order valence-corrected chi connectivity index (χ0v) is 12.2. The summed E-state index contributed by atoms with van der Waals surface area (Å²) in [5.41, 5.74) is 5.86. The summed E-state index contributed by atoms with van der Waals surface area (Å²) in [5, 5.41) is 5.34. The van der Waals surface area contributed by atoms with Crippen molar-refractivity contribution in [2.24, 2.45) is 5.73 Å². The van der Waals surface area contributed by atoms with Crippen LogP contribution >= 0.6 is 23.7 Å². The molecular weight excluding hydrogens is 288 g/mol. The number of likely N-dealkylation sites (N-methyl/N-ethyl adjacent to an activating group) is 1. The normalized spacial score (nSPS) is 18.9. The maximum atomic E-state index is 11.9. The van der Waals surface area contributed by atoms with Crippen LogP contribution in [0, 0.1) is 0 Å². The molecule has 1 aromatic rings. The summed E-state index contributed by atoms with van der Waals surface area (Å²) >= 11 is 1.38. The molecule has 1 atom stereocenters.